The Morgan fingerprint density at radius 3 is 2.62 bits per heavy atom. The lowest BCUT2D eigenvalue weighted by molar-refractivity contribution is 0.716. The number of halogens is 1. The third-order valence-electron chi connectivity index (χ3n) is 3.33. The number of aryl methyl sites for hydroxylation is 2. The summed E-state index contributed by atoms with van der Waals surface area (Å²) in [5.74, 6) is 0. The number of hydrogen-bond acceptors (Lipinski definition) is 1. The summed E-state index contributed by atoms with van der Waals surface area (Å²) >= 11 is 11.3. The maximum absolute atomic E-state index is 5.96. The number of nitrogens with one attached hydrogen (secondary N) is 2. The molecule has 0 amide bonds. The zero-order valence-corrected chi connectivity index (χ0v) is 14.0. The third kappa shape index (κ3) is 4.45. The minimum Gasteiger partial charge on any atom is -0.356 e. The quantitative estimate of drug-likeness (QED) is 0.778. The van der Waals surface area contributed by atoms with Crippen LogP contribution >= 0.6 is 23.8 Å². The summed E-state index contributed by atoms with van der Waals surface area (Å²) in [6.07, 6.45) is 0. The van der Waals surface area contributed by atoms with Crippen LogP contribution in [-0.4, -0.2) is 5.11 Å². The van der Waals surface area contributed by atoms with Gasteiger partial charge in [0.15, 0.2) is 5.11 Å². The van der Waals surface area contributed by atoms with Gasteiger partial charge in [-0.15, -0.1) is 0 Å². The Kier molecular flexibility index (Phi) is 5.21. The van der Waals surface area contributed by atoms with Crippen molar-refractivity contribution in [2.24, 2.45) is 0 Å². The minimum absolute atomic E-state index is 0.143. The molecule has 0 unspecified atom stereocenters. The highest BCUT2D eigenvalue weighted by atomic mass is 35.5. The molecule has 4 heteroatoms. The van der Waals surface area contributed by atoms with Gasteiger partial charge in [-0.1, -0.05) is 41.4 Å². The van der Waals surface area contributed by atoms with Crippen LogP contribution in [-0.2, 0) is 0 Å². The molecule has 0 spiro atoms. The van der Waals surface area contributed by atoms with Gasteiger partial charge in [0.25, 0.3) is 0 Å². The molecule has 0 bridgehead atoms. The predicted molar refractivity (Wildman–Crippen MR) is 95.1 cm³/mol. The largest absolute Gasteiger partial charge is 0.356 e. The van der Waals surface area contributed by atoms with Crippen molar-refractivity contribution in [3.05, 3.63) is 64.2 Å². The topological polar surface area (TPSA) is 24.1 Å². The second-order valence-electron chi connectivity index (χ2n) is 5.19. The van der Waals surface area contributed by atoms with Crippen molar-refractivity contribution < 1.29 is 0 Å². The second kappa shape index (κ2) is 6.92. The Hall–Kier alpha value is -1.58. The third-order valence-corrected chi connectivity index (χ3v) is 3.79. The molecule has 0 saturated carbocycles. The van der Waals surface area contributed by atoms with Gasteiger partial charge in [-0.2, -0.15) is 0 Å². The molecule has 21 heavy (non-hydrogen) atoms. The van der Waals surface area contributed by atoms with E-state index in [4.69, 9.17) is 23.8 Å². The maximum Gasteiger partial charge on any atom is 0.171 e. The summed E-state index contributed by atoms with van der Waals surface area (Å²) in [5, 5.41) is 7.74. The van der Waals surface area contributed by atoms with Crippen LogP contribution < -0.4 is 10.6 Å². The minimum atomic E-state index is 0.143. The van der Waals surface area contributed by atoms with Crippen LogP contribution in [0, 0.1) is 13.8 Å². The van der Waals surface area contributed by atoms with Crippen LogP contribution in [0.5, 0.6) is 0 Å². The fourth-order valence-electron chi connectivity index (χ4n) is 2.23. The number of benzene rings is 2. The van der Waals surface area contributed by atoms with E-state index in [0.717, 1.165) is 5.69 Å². The molecular formula is C17H19ClN2S. The summed E-state index contributed by atoms with van der Waals surface area (Å²) in [6.45, 7) is 6.31. The maximum atomic E-state index is 5.96. The van der Waals surface area contributed by atoms with Gasteiger partial charge in [0.1, 0.15) is 0 Å². The normalized spacial score (nSPS) is 11.8. The van der Waals surface area contributed by atoms with E-state index in [1.54, 1.807) is 0 Å². The van der Waals surface area contributed by atoms with E-state index in [2.05, 4.69) is 49.6 Å². The predicted octanol–water partition coefficient (Wildman–Crippen LogP) is 5.00. The van der Waals surface area contributed by atoms with Crippen LogP contribution in [0.15, 0.2) is 42.5 Å². The molecule has 2 nitrogen and oxygen atoms in total. The van der Waals surface area contributed by atoms with Gasteiger partial charge in [-0.3, -0.25) is 0 Å². The molecule has 0 aromatic heterocycles. The van der Waals surface area contributed by atoms with Crippen molar-refractivity contribution in [2.45, 2.75) is 26.8 Å². The van der Waals surface area contributed by atoms with Gasteiger partial charge in [0.05, 0.1) is 6.04 Å². The van der Waals surface area contributed by atoms with Crippen LogP contribution in [0.3, 0.4) is 0 Å². The van der Waals surface area contributed by atoms with Crippen LogP contribution in [0.4, 0.5) is 5.69 Å². The van der Waals surface area contributed by atoms with Gasteiger partial charge in [0, 0.05) is 10.7 Å². The lowest BCUT2D eigenvalue weighted by atomic mass is 10.0. The van der Waals surface area contributed by atoms with Crippen molar-refractivity contribution in [3.8, 4) is 0 Å². The molecule has 0 aliphatic rings. The van der Waals surface area contributed by atoms with E-state index < -0.39 is 0 Å². The molecule has 0 radical (unpaired) electrons. The number of hydrogen-bond donors (Lipinski definition) is 2. The zero-order valence-electron chi connectivity index (χ0n) is 12.4. The molecule has 0 heterocycles. The summed E-state index contributed by atoms with van der Waals surface area (Å²) < 4.78 is 0. The Morgan fingerprint density at radius 1 is 1.14 bits per heavy atom. The molecular weight excluding hydrogens is 300 g/mol. The van der Waals surface area contributed by atoms with E-state index in [1.165, 1.54) is 16.7 Å². The highest BCUT2D eigenvalue weighted by Gasteiger charge is 2.10. The Bertz CT molecular complexity index is 655. The van der Waals surface area contributed by atoms with Crippen LogP contribution in [0.2, 0.25) is 5.02 Å². The van der Waals surface area contributed by atoms with E-state index >= 15 is 0 Å². The first-order valence-corrected chi connectivity index (χ1v) is 7.64. The smallest absolute Gasteiger partial charge is 0.171 e. The fraction of sp³-hybridized carbons (Fsp3) is 0.235. The molecule has 2 aromatic carbocycles. The molecule has 0 fully saturated rings. The molecule has 0 aliphatic heterocycles. The summed E-state index contributed by atoms with van der Waals surface area (Å²) in [6, 6.07) is 14.1. The van der Waals surface area contributed by atoms with Crippen molar-refractivity contribution in [3.63, 3.8) is 0 Å². The number of thiocarbonyl (C=S) groups is 1. The van der Waals surface area contributed by atoms with Gasteiger partial charge in [-0.05, 0) is 62.3 Å². The summed E-state index contributed by atoms with van der Waals surface area (Å²) in [4.78, 5) is 0. The van der Waals surface area contributed by atoms with Gasteiger partial charge >= 0.3 is 0 Å². The highest BCUT2D eigenvalue weighted by molar-refractivity contribution is 7.80. The van der Waals surface area contributed by atoms with Crippen molar-refractivity contribution in [1.82, 2.24) is 5.32 Å². The molecule has 2 aromatic rings. The van der Waals surface area contributed by atoms with Crippen molar-refractivity contribution >= 4 is 34.6 Å². The SMILES string of the molecule is Cc1ccc(C)c([C@H](C)NC(=S)Nc2cccc(Cl)c2)c1. The lowest BCUT2D eigenvalue weighted by Gasteiger charge is -2.19. The number of rotatable bonds is 3. The van der Waals surface area contributed by atoms with Crippen molar-refractivity contribution in [2.75, 3.05) is 5.32 Å². The average molecular weight is 319 g/mol. The molecule has 2 N–H and O–H groups in total. The zero-order chi connectivity index (χ0) is 15.4. The molecule has 1 atom stereocenters. The standard InChI is InChI=1S/C17H19ClN2S/c1-11-7-8-12(2)16(9-11)13(3)19-17(21)20-15-6-4-5-14(18)10-15/h4-10,13H,1-3H3,(H2,19,20,21)/t13-/m0/s1. The first kappa shape index (κ1) is 15.8. The van der Waals surface area contributed by atoms with E-state index in [-0.39, 0.29) is 6.04 Å². The lowest BCUT2D eigenvalue weighted by Crippen LogP contribution is -2.31. The molecule has 0 aliphatic carbocycles. The van der Waals surface area contributed by atoms with Crippen molar-refractivity contribution in [1.29, 1.82) is 0 Å². The average Bonchev–Trinajstić information content (AvgIpc) is 2.41. The molecule has 110 valence electrons. The Morgan fingerprint density at radius 2 is 1.90 bits per heavy atom. The Labute approximate surface area is 136 Å². The first-order chi connectivity index (χ1) is 9.95. The van der Waals surface area contributed by atoms with Gasteiger partial charge < -0.3 is 10.6 Å². The van der Waals surface area contributed by atoms with E-state index in [1.807, 2.05) is 24.3 Å². The molecule has 0 saturated heterocycles. The van der Waals surface area contributed by atoms with Crippen LogP contribution in [0.25, 0.3) is 0 Å². The van der Waals surface area contributed by atoms with Crippen LogP contribution in [0.1, 0.15) is 29.7 Å². The van der Waals surface area contributed by atoms with E-state index in [0.29, 0.717) is 10.1 Å². The molecule has 2 rings (SSSR count). The Balaban J connectivity index is 2.03. The first-order valence-electron chi connectivity index (χ1n) is 6.86. The summed E-state index contributed by atoms with van der Waals surface area (Å²) in [7, 11) is 0. The number of anilines is 1. The monoisotopic (exact) mass is 318 g/mol. The summed E-state index contributed by atoms with van der Waals surface area (Å²) in [5.41, 5.74) is 4.64. The van der Waals surface area contributed by atoms with E-state index in [9.17, 15) is 0 Å². The van der Waals surface area contributed by atoms with Gasteiger partial charge in [0.2, 0.25) is 0 Å². The highest BCUT2D eigenvalue weighted by Crippen LogP contribution is 2.19. The van der Waals surface area contributed by atoms with Gasteiger partial charge in [-0.25, -0.2) is 0 Å². The second-order valence-corrected chi connectivity index (χ2v) is 6.04. The fourth-order valence-corrected chi connectivity index (χ4v) is 2.72.